The first kappa shape index (κ1) is 12.6. The SMILES string of the molecule is O=c1[nH]c(-n2[nH]c3c(c2=O)CCCC3)nc2c1CCCC2. The van der Waals surface area contributed by atoms with Crippen LogP contribution in [0.4, 0.5) is 0 Å². The molecule has 0 fully saturated rings. The highest BCUT2D eigenvalue weighted by molar-refractivity contribution is 5.28. The van der Waals surface area contributed by atoms with Crippen LogP contribution in [0.25, 0.3) is 5.95 Å². The summed E-state index contributed by atoms with van der Waals surface area (Å²) in [5.41, 5.74) is 3.31. The molecule has 0 bridgehead atoms. The summed E-state index contributed by atoms with van der Waals surface area (Å²) in [6, 6.07) is 0. The number of aromatic nitrogens is 4. The molecule has 0 atom stereocenters. The van der Waals surface area contributed by atoms with E-state index in [1.165, 1.54) is 4.68 Å². The summed E-state index contributed by atoms with van der Waals surface area (Å²) in [6.07, 6.45) is 7.55. The number of nitrogens with zero attached hydrogens (tertiary/aromatic N) is 2. The fourth-order valence-electron chi connectivity index (χ4n) is 3.43. The fraction of sp³-hybridized carbons (Fsp3) is 0.533. The second-order valence-electron chi connectivity index (χ2n) is 5.94. The van der Waals surface area contributed by atoms with Gasteiger partial charge in [0.15, 0.2) is 0 Å². The Morgan fingerprint density at radius 1 is 0.905 bits per heavy atom. The molecule has 2 aliphatic carbocycles. The van der Waals surface area contributed by atoms with Gasteiger partial charge < -0.3 is 0 Å². The van der Waals surface area contributed by atoms with Crippen LogP contribution in [0.1, 0.15) is 48.2 Å². The average Bonchev–Trinajstić information content (AvgIpc) is 2.85. The van der Waals surface area contributed by atoms with Crippen LogP contribution < -0.4 is 11.1 Å². The van der Waals surface area contributed by atoms with E-state index in [0.29, 0.717) is 5.95 Å². The third-order valence-electron chi connectivity index (χ3n) is 4.57. The molecule has 4 rings (SSSR count). The van der Waals surface area contributed by atoms with Gasteiger partial charge in [0.05, 0.1) is 5.69 Å². The summed E-state index contributed by atoms with van der Waals surface area (Å²) in [5.74, 6) is 0.333. The summed E-state index contributed by atoms with van der Waals surface area (Å²) in [4.78, 5) is 31.9. The molecule has 0 saturated carbocycles. The molecule has 0 radical (unpaired) electrons. The lowest BCUT2D eigenvalue weighted by Gasteiger charge is -2.14. The van der Waals surface area contributed by atoms with Crippen molar-refractivity contribution >= 4 is 0 Å². The minimum atomic E-state index is -0.103. The van der Waals surface area contributed by atoms with Crippen LogP contribution in [0.5, 0.6) is 0 Å². The van der Waals surface area contributed by atoms with E-state index in [1.807, 2.05) is 0 Å². The van der Waals surface area contributed by atoms with Crippen molar-refractivity contribution < 1.29 is 0 Å². The van der Waals surface area contributed by atoms with Crippen molar-refractivity contribution in [2.75, 3.05) is 0 Å². The second kappa shape index (κ2) is 4.72. The van der Waals surface area contributed by atoms with Gasteiger partial charge >= 0.3 is 0 Å². The number of aryl methyl sites for hydroxylation is 2. The maximum atomic E-state index is 12.5. The van der Waals surface area contributed by atoms with Gasteiger partial charge in [-0.25, -0.2) is 4.98 Å². The van der Waals surface area contributed by atoms with Gasteiger partial charge in [-0.3, -0.25) is 19.7 Å². The Morgan fingerprint density at radius 2 is 1.62 bits per heavy atom. The zero-order chi connectivity index (χ0) is 14.4. The number of H-pyrrole nitrogens is 2. The third kappa shape index (κ3) is 1.97. The van der Waals surface area contributed by atoms with E-state index in [0.717, 1.165) is 73.9 Å². The monoisotopic (exact) mass is 286 g/mol. The zero-order valence-electron chi connectivity index (χ0n) is 11.9. The summed E-state index contributed by atoms with van der Waals surface area (Å²) in [5, 5.41) is 3.12. The van der Waals surface area contributed by atoms with E-state index in [-0.39, 0.29) is 11.1 Å². The summed E-state index contributed by atoms with van der Waals surface area (Å²) >= 11 is 0. The van der Waals surface area contributed by atoms with Crippen LogP contribution in [0.3, 0.4) is 0 Å². The zero-order valence-corrected chi connectivity index (χ0v) is 11.9. The number of nitrogens with one attached hydrogen (secondary N) is 2. The van der Waals surface area contributed by atoms with Gasteiger partial charge in [0.25, 0.3) is 11.1 Å². The van der Waals surface area contributed by atoms with Crippen molar-refractivity contribution in [3.05, 3.63) is 43.2 Å². The van der Waals surface area contributed by atoms with Crippen LogP contribution in [0.2, 0.25) is 0 Å². The Balaban J connectivity index is 1.88. The van der Waals surface area contributed by atoms with Gasteiger partial charge in [-0.05, 0) is 51.4 Å². The number of rotatable bonds is 1. The molecule has 0 unspecified atom stereocenters. The van der Waals surface area contributed by atoms with Crippen molar-refractivity contribution in [1.82, 2.24) is 19.7 Å². The van der Waals surface area contributed by atoms with Crippen molar-refractivity contribution in [3.63, 3.8) is 0 Å². The maximum Gasteiger partial charge on any atom is 0.277 e. The van der Waals surface area contributed by atoms with Gasteiger partial charge in [-0.2, -0.15) is 4.68 Å². The van der Waals surface area contributed by atoms with E-state index >= 15 is 0 Å². The topological polar surface area (TPSA) is 83.5 Å². The Hall–Kier alpha value is -2.11. The quantitative estimate of drug-likeness (QED) is 0.820. The predicted molar refractivity (Wildman–Crippen MR) is 78.1 cm³/mol. The highest BCUT2D eigenvalue weighted by Gasteiger charge is 2.21. The average molecular weight is 286 g/mol. The van der Waals surface area contributed by atoms with E-state index in [4.69, 9.17) is 0 Å². The Kier molecular flexibility index (Phi) is 2.83. The van der Waals surface area contributed by atoms with Gasteiger partial charge in [0.1, 0.15) is 0 Å². The minimum Gasteiger partial charge on any atom is -0.292 e. The van der Waals surface area contributed by atoms with E-state index in [1.54, 1.807) is 0 Å². The first-order valence-electron chi connectivity index (χ1n) is 7.69. The van der Waals surface area contributed by atoms with Crippen molar-refractivity contribution in [1.29, 1.82) is 0 Å². The van der Waals surface area contributed by atoms with Gasteiger partial charge in [-0.1, -0.05) is 0 Å². The van der Waals surface area contributed by atoms with Gasteiger partial charge in [-0.15, -0.1) is 0 Å². The molecule has 0 aliphatic heterocycles. The van der Waals surface area contributed by atoms with Crippen molar-refractivity contribution in [2.45, 2.75) is 51.4 Å². The predicted octanol–water partition coefficient (Wildman–Crippen LogP) is 1.01. The van der Waals surface area contributed by atoms with Crippen molar-refractivity contribution in [2.24, 2.45) is 0 Å². The Bertz CT molecular complexity index is 812. The molecule has 2 heterocycles. The third-order valence-corrected chi connectivity index (χ3v) is 4.57. The number of hydrogen-bond donors (Lipinski definition) is 2. The summed E-state index contributed by atoms with van der Waals surface area (Å²) < 4.78 is 1.41. The van der Waals surface area contributed by atoms with Crippen LogP contribution in [-0.4, -0.2) is 19.7 Å². The first-order valence-corrected chi connectivity index (χ1v) is 7.69. The highest BCUT2D eigenvalue weighted by atomic mass is 16.1. The molecule has 110 valence electrons. The number of aromatic amines is 2. The molecule has 0 aromatic carbocycles. The van der Waals surface area contributed by atoms with E-state index < -0.39 is 0 Å². The van der Waals surface area contributed by atoms with Crippen molar-refractivity contribution in [3.8, 4) is 5.95 Å². The highest BCUT2D eigenvalue weighted by Crippen LogP contribution is 2.18. The normalized spacial score (nSPS) is 17.3. The summed E-state index contributed by atoms with van der Waals surface area (Å²) in [6.45, 7) is 0. The smallest absolute Gasteiger partial charge is 0.277 e. The summed E-state index contributed by atoms with van der Waals surface area (Å²) in [7, 11) is 0. The maximum absolute atomic E-state index is 12.5. The lowest BCUT2D eigenvalue weighted by atomic mass is 9.97. The lowest BCUT2D eigenvalue weighted by Crippen LogP contribution is -2.27. The minimum absolute atomic E-state index is 0.0661. The van der Waals surface area contributed by atoms with Gasteiger partial charge in [0, 0.05) is 16.8 Å². The van der Waals surface area contributed by atoms with E-state index in [2.05, 4.69) is 15.1 Å². The molecule has 21 heavy (non-hydrogen) atoms. The number of fused-ring (bicyclic) bond motifs is 2. The van der Waals surface area contributed by atoms with Crippen LogP contribution >= 0.6 is 0 Å². The first-order chi connectivity index (χ1) is 10.2. The largest absolute Gasteiger partial charge is 0.292 e. The van der Waals surface area contributed by atoms with Gasteiger partial charge in [0.2, 0.25) is 5.95 Å². The molecule has 6 heteroatoms. The van der Waals surface area contributed by atoms with Crippen LogP contribution in [0.15, 0.2) is 9.59 Å². The molecule has 6 nitrogen and oxygen atoms in total. The molecule has 0 amide bonds. The lowest BCUT2D eigenvalue weighted by molar-refractivity contribution is 0.640. The molecule has 2 aromatic rings. The molecule has 0 saturated heterocycles. The molecular weight excluding hydrogens is 268 g/mol. The second-order valence-corrected chi connectivity index (χ2v) is 5.94. The molecular formula is C15H18N4O2. The van der Waals surface area contributed by atoms with Crippen LogP contribution in [-0.2, 0) is 25.7 Å². The molecule has 2 aromatic heterocycles. The van der Waals surface area contributed by atoms with E-state index in [9.17, 15) is 9.59 Å². The molecule has 2 aliphatic rings. The molecule has 2 N–H and O–H groups in total. The number of hydrogen-bond acceptors (Lipinski definition) is 3. The van der Waals surface area contributed by atoms with Crippen LogP contribution in [0, 0.1) is 0 Å². The molecule has 0 spiro atoms. The fourth-order valence-corrected chi connectivity index (χ4v) is 3.43. The standard InChI is InChI=1S/C15H18N4O2/c20-13-9-5-1-3-7-11(9)16-15(17-13)19-14(21)10-6-2-4-8-12(10)18-19/h18H,1-8H2,(H,16,17,20). The Labute approximate surface area is 121 Å². The Morgan fingerprint density at radius 3 is 2.43 bits per heavy atom.